The van der Waals surface area contributed by atoms with Gasteiger partial charge in [0.1, 0.15) is 5.82 Å². The van der Waals surface area contributed by atoms with Crippen LogP contribution in [0.2, 0.25) is 0 Å². The monoisotopic (exact) mass is 336 g/mol. The Morgan fingerprint density at radius 1 is 1.25 bits per heavy atom. The van der Waals surface area contributed by atoms with Crippen molar-refractivity contribution in [3.05, 3.63) is 63.9 Å². The molecule has 0 heterocycles. The second-order valence-electron chi connectivity index (χ2n) is 4.40. The number of aryl methyl sites for hydroxylation is 1. The molecule has 2 aromatic carbocycles. The zero-order chi connectivity index (χ0) is 14.5. The first-order valence-corrected chi connectivity index (χ1v) is 6.89. The maximum Gasteiger partial charge on any atom is 0.319 e. The number of hydrogen-bond donors (Lipinski definition) is 2. The predicted octanol–water partition coefficient (Wildman–Crippen LogP) is 4.22. The van der Waals surface area contributed by atoms with Crippen molar-refractivity contribution in [2.75, 3.05) is 5.32 Å². The molecule has 3 nitrogen and oxygen atoms in total. The van der Waals surface area contributed by atoms with E-state index in [-0.39, 0.29) is 18.4 Å². The number of hydrogen-bond acceptors (Lipinski definition) is 1. The first-order chi connectivity index (χ1) is 9.54. The highest BCUT2D eigenvalue weighted by Gasteiger charge is 2.05. The average Bonchev–Trinajstić information content (AvgIpc) is 2.40. The van der Waals surface area contributed by atoms with Gasteiger partial charge in [-0.2, -0.15) is 0 Å². The number of carbonyl (C=O) groups excluding carboxylic acids is 1. The largest absolute Gasteiger partial charge is 0.334 e. The van der Waals surface area contributed by atoms with Gasteiger partial charge >= 0.3 is 6.03 Å². The molecule has 0 unspecified atom stereocenters. The number of rotatable bonds is 3. The Labute approximate surface area is 125 Å². The number of benzene rings is 2. The fourth-order valence-corrected chi connectivity index (χ4v) is 2.24. The van der Waals surface area contributed by atoms with Crippen molar-refractivity contribution in [1.29, 1.82) is 0 Å². The van der Waals surface area contributed by atoms with E-state index < -0.39 is 0 Å². The summed E-state index contributed by atoms with van der Waals surface area (Å²) in [6, 6.07) is 11.4. The maximum atomic E-state index is 13.0. The van der Waals surface area contributed by atoms with E-state index in [1.165, 1.54) is 12.1 Å². The summed E-state index contributed by atoms with van der Waals surface area (Å²) in [4.78, 5) is 11.8. The Kier molecular flexibility index (Phi) is 4.74. The molecule has 0 aliphatic heterocycles. The van der Waals surface area contributed by atoms with Gasteiger partial charge in [-0.15, -0.1) is 0 Å². The van der Waals surface area contributed by atoms with Crippen molar-refractivity contribution in [2.24, 2.45) is 0 Å². The topological polar surface area (TPSA) is 41.1 Å². The molecule has 2 aromatic rings. The second kappa shape index (κ2) is 6.52. The molecule has 0 aliphatic carbocycles. The second-order valence-corrected chi connectivity index (χ2v) is 5.31. The van der Waals surface area contributed by atoms with Gasteiger partial charge in [-0.25, -0.2) is 9.18 Å². The van der Waals surface area contributed by atoms with Crippen LogP contribution in [0, 0.1) is 12.7 Å². The quantitative estimate of drug-likeness (QED) is 0.865. The van der Waals surface area contributed by atoms with Crippen LogP contribution in [0.3, 0.4) is 0 Å². The molecule has 0 atom stereocenters. The molecule has 2 N–H and O–H groups in total. The molecular weight excluding hydrogens is 323 g/mol. The molecule has 104 valence electrons. The van der Waals surface area contributed by atoms with E-state index in [9.17, 15) is 9.18 Å². The van der Waals surface area contributed by atoms with Gasteiger partial charge < -0.3 is 10.6 Å². The summed E-state index contributed by atoms with van der Waals surface area (Å²) in [7, 11) is 0. The third kappa shape index (κ3) is 4.06. The van der Waals surface area contributed by atoms with Crippen molar-refractivity contribution >= 4 is 27.6 Å². The van der Waals surface area contributed by atoms with Crippen LogP contribution < -0.4 is 10.6 Å². The summed E-state index contributed by atoms with van der Waals surface area (Å²) in [5, 5.41) is 5.45. The minimum absolute atomic E-state index is 0.277. The van der Waals surface area contributed by atoms with Gasteiger partial charge in [0.25, 0.3) is 0 Å². The fraction of sp³-hybridized carbons (Fsp3) is 0.133. The van der Waals surface area contributed by atoms with Crippen molar-refractivity contribution in [1.82, 2.24) is 5.32 Å². The van der Waals surface area contributed by atoms with Crippen molar-refractivity contribution in [3.8, 4) is 0 Å². The third-order valence-electron chi connectivity index (χ3n) is 2.78. The van der Waals surface area contributed by atoms with E-state index >= 15 is 0 Å². The van der Waals surface area contributed by atoms with Crippen LogP contribution in [0.25, 0.3) is 0 Å². The van der Waals surface area contributed by atoms with Crippen LogP contribution >= 0.6 is 15.9 Å². The Morgan fingerprint density at radius 2 is 2.05 bits per heavy atom. The minimum Gasteiger partial charge on any atom is -0.334 e. The lowest BCUT2D eigenvalue weighted by atomic mass is 10.2. The lowest BCUT2D eigenvalue weighted by Gasteiger charge is -2.10. The first kappa shape index (κ1) is 14.5. The van der Waals surface area contributed by atoms with Gasteiger partial charge in [0.2, 0.25) is 0 Å². The number of amides is 2. The Morgan fingerprint density at radius 3 is 2.75 bits per heavy atom. The number of nitrogens with one attached hydrogen (secondary N) is 2. The predicted molar refractivity (Wildman–Crippen MR) is 81.1 cm³/mol. The summed E-state index contributed by atoms with van der Waals surface area (Å²) < 4.78 is 14.0. The van der Waals surface area contributed by atoms with E-state index in [0.29, 0.717) is 5.56 Å². The molecule has 0 radical (unpaired) electrons. The Hall–Kier alpha value is -1.88. The molecule has 0 saturated carbocycles. The fourth-order valence-electron chi connectivity index (χ4n) is 1.76. The molecule has 0 spiro atoms. The molecule has 0 aromatic heterocycles. The van der Waals surface area contributed by atoms with Gasteiger partial charge in [0.15, 0.2) is 0 Å². The zero-order valence-corrected chi connectivity index (χ0v) is 12.5. The molecule has 2 amide bonds. The van der Waals surface area contributed by atoms with Crippen molar-refractivity contribution in [3.63, 3.8) is 0 Å². The molecule has 2 rings (SSSR count). The summed E-state index contributed by atoms with van der Waals surface area (Å²) >= 11 is 3.37. The Bertz CT molecular complexity index is 631. The zero-order valence-electron chi connectivity index (χ0n) is 10.9. The molecule has 20 heavy (non-hydrogen) atoms. The summed E-state index contributed by atoms with van der Waals surface area (Å²) in [5.41, 5.74) is 2.41. The number of anilines is 1. The van der Waals surface area contributed by atoms with Crippen molar-refractivity contribution in [2.45, 2.75) is 13.5 Å². The molecule has 0 bridgehead atoms. The molecule has 0 saturated heterocycles. The van der Waals surface area contributed by atoms with E-state index in [0.717, 1.165) is 15.7 Å². The van der Waals surface area contributed by atoms with Gasteiger partial charge in [-0.3, -0.25) is 0 Å². The van der Waals surface area contributed by atoms with Crippen LogP contribution in [-0.2, 0) is 6.54 Å². The van der Waals surface area contributed by atoms with E-state index in [1.54, 1.807) is 12.1 Å². The van der Waals surface area contributed by atoms with Crippen LogP contribution in [0.1, 0.15) is 11.1 Å². The molecule has 0 fully saturated rings. The van der Waals surface area contributed by atoms with Gasteiger partial charge in [-0.1, -0.05) is 28.1 Å². The smallest absolute Gasteiger partial charge is 0.319 e. The highest BCUT2D eigenvalue weighted by molar-refractivity contribution is 9.10. The molecule has 0 aliphatic rings. The highest BCUT2D eigenvalue weighted by Crippen LogP contribution is 2.19. The Balaban J connectivity index is 1.92. The summed E-state index contributed by atoms with van der Waals surface area (Å²) in [6.45, 7) is 2.19. The van der Waals surface area contributed by atoms with Crippen LogP contribution in [0.4, 0.5) is 14.9 Å². The lowest BCUT2D eigenvalue weighted by molar-refractivity contribution is 0.251. The molecule has 5 heteroatoms. The standard InChI is InChI=1S/C15H14BrFN2O/c1-10-7-12(16)5-6-14(10)19-15(20)18-9-11-3-2-4-13(17)8-11/h2-8H,9H2,1H3,(H2,18,19,20). The van der Waals surface area contributed by atoms with Crippen LogP contribution in [0.5, 0.6) is 0 Å². The SMILES string of the molecule is Cc1cc(Br)ccc1NC(=O)NCc1cccc(F)c1. The third-order valence-corrected chi connectivity index (χ3v) is 3.27. The van der Waals surface area contributed by atoms with Gasteiger partial charge in [0, 0.05) is 16.7 Å². The van der Waals surface area contributed by atoms with E-state index in [4.69, 9.17) is 0 Å². The number of halogens is 2. The van der Waals surface area contributed by atoms with Crippen LogP contribution in [-0.4, -0.2) is 6.03 Å². The number of urea groups is 1. The summed E-state index contributed by atoms with van der Waals surface area (Å²) in [5.74, 6) is -0.312. The minimum atomic E-state index is -0.320. The summed E-state index contributed by atoms with van der Waals surface area (Å²) in [6.07, 6.45) is 0. The van der Waals surface area contributed by atoms with Gasteiger partial charge in [-0.05, 0) is 48.4 Å². The van der Waals surface area contributed by atoms with Crippen LogP contribution in [0.15, 0.2) is 46.9 Å². The first-order valence-electron chi connectivity index (χ1n) is 6.10. The highest BCUT2D eigenvalue weighted by atomic mass is 79.9. The normalized spacial score (nSPS) is 10.2. The molecular formula is C15H14BrFN2O. The van der Waals surface area contributed by atoms with Gasteiger partial charge in [0.05, 0.1) is 0 Å². The number of carbonyl (C=O) groups is 1. The van der Waals surface area contributed by atoms with Crippen molar-refractivity contribution < 1.29 is 9.18 Å². The maximum absolute atomic E-state index is 13.0. The average molecular weight is 337 g/mol. The van der Waals surface area contributed by atoms with E-state index in [1.807, 2.05) is 25.1 Å². The van der Waals surface area contributed by atoms with E-state index in [2.05, 4.69) is 26.6 Å². The lowest BCUT2D eigenvalue weighted by Crippen LogP contribution is -2.28.